The van der Waals surface area contributed by atoms with Gasteiger partial charge in [0, 0.05) is 11.5 Å². The zero-order valence-electron chi connectivity index (χ0n) is 8.91. The summed E-state index contributed by atoms with van der Waals surface area (Å²) in [6, 6.07) is 11.9. The van der Waals surface area contributed by atoms with Crippen LogP contribution in [-0.4, -0.2) is 20.0 Å². The van der Waals surface area contributed by atoms with Gasteiger partial charge in [-0.2, -0.15) is 5.10 Å². The number of hydrogen-bond acceptors (Lipinski definition) is 3. The summed E-state index contributed by atoms with van der Waals surface area (Å²) in [6.45, 7) is 0. The number of phenolic OH excluding ortho intramolecular Hbond substituents is 2. The first-order valence-corrected chi connectivity index (χ1v) is 5.20. The van der Waals surface area contributed by atoms with Gasteiger partial charge >= 0.3 is 0 Å². The van der Waals surface area contributed by atoms with E-state index in [-0.39, 0.29) is 11.5 Å². The highest BCUT2D eigenvalue weighted by molar-refractivity contribution is 5.81. The van der Waals surface area contributed by atoms with Gasteiger partial charge < -0.3 is 10.2 Å². The van der Waals surface area contributed by atoms with Crippen LogP contribution in [-0.2, 0) is 0 Å². The molecule has 0 bridgehead atoms. The van der Waals surface area contributed by atoms with Crippen LogP contribution in [0.1, 0.15) is 0 Å². The predicted molar refractivity (Wildman–Crippen MR) is 64.4 cm³/mol. The molecule has 0 atom stereocenters. The van der Waals surface area contributed by atoms with E-state index in [1.54, 1.807) is 47.3 Å². The van der Waals surface area contributed by atoms with Crippen LogP contribution in [0.15, 0.2) is 48.7 Å². The maximum atomic E-state index is 9.45. The first-order chi connectivity index (χ1) is 8.24. The van der Waals surface area contributed by atoms with Crippen LogP contribution in [0.3, 0.4) is 0 Å². The van der Waals surface area contributed by atoms with E-state index >= 15 is 0 Å². The molecule has 0 spiro atoms. The average molecular weight is 226 g/mol. The highest BCUT2D eigenvalue weighted by Crippen LogP contribution is 2.23. The Balaban J connectivity index is 2.24. The molecule has 2 aromatic carbocycles. The van der Waals surface area contributed by atoms with Crippen LogP contribution in [0, 0.1) is 0 Å². The van der Waals surface area contributed by atoms with E-state index in [2.05, 4.69) is 5.10 Å². The second kappa shape index (κ2) is 3.52. The fraction of sp³-hybridized carbons (Fsp3) is 0. The Morgan fingerprint density at radius 3 is 2.59 bits per heavy atom. The van der Waals surface area contributed by atoms with Gasteiger partial charge in [0.2, 0.25) is 0 Å². The van der Waals surface area contributed by atoms with Crippen molar-refractivity contribution in [1.29, 1.82) is 0 Å². The lowest BCUT2D eigenvalue weighted by Crippen LogP contribution is -1.94. The second-order valence-electron chi connectivity index (χ2n) is 3.82. The molecule has 3 rings (SSSR count). The maximum absolute atomic E-state index is 9.45. The van der Waals surface area contributed by atoms with Crippen LogP contribution in [0.25, 0.3) is 16.6 Å². The third kappa shape index (κ3) is 1.59. The first kappa shape index (κ1) is 9.72. The normalized spacial score (nSPS) is 10.8. The average Bonchev–Trinajstić information content (AvgIpc) is 2.71. The predicted octanol–water partition coefficient (Wildman–Crippen LogP) is 2.44. The van der Waals surface area contributed by atoms with Crippen LogP contribution in [0.2, 0.25) is 0 Å². The Bertz CT molecular complexity index is 689. The number of phenols is 2. The molecule has 84 valence electrons. The van der Waals surface area contributed by atoms with Crippen molar-refractivity contribution in [2.75, 3.05) is 0 Å². The van der Waals surface area contributed by atoms with E-state index in [4.69, 9.17) is 0 Å². The Kier molecular flexibility index (Phi) is 2.01. The minimum atomic E-state index is 0.199. The number of nitrogens with zero attached hydrogens (tertiary/aromatic N) is 2. The van der Waals surface area contributed by atoms with Crippen molar-refractivity contribution in [2.45, 2.75) is 0 Å². The van der Waals surface area contributed by atoms with Gasteiger partial charge in [-0.15, -0.1) is 0 Å². The monoisotopic (exact) mass is 226 g/mol. The van der Waals surface area contributed by atoms with Crippen LogP contribution >= 0.6 is 0 Å². The Labute approximate surface area is 97.4 Å². The summed E-state index contributed by atoms with van der Waals surface area (Å²) >= 11 is 0. The molecule has 4 heteroatoms. The van der Waals surface area contributed by atoms with Gasteiger partial charge in [0.05, 0.1) is 17.4 Å². The minimum Gasteiger partial charge on any atom is -0.508 e. The molecule has 2 N–H and O–H groups in total. The number of aromatic nitrogens is 2. The molecule has 3 aromatic rings. The zero-order chi connectivity index (χ0) is 11.8. The smallest absolute Gasteiger partial charge is 0.117 e. The first-order valence-electron chi connectivity index (χ1n) is 5.20. The lowest BCUT2D eigenvalue weighted by molar-refractivity contribution is 0.474. The third-order valence-corrected chi connectivity index (χ3v) is 2.63. The molecule has 4 nitrogen and oxygen atoms in total. The summed E-state index contributed by atoms with van der Waals surface area (Å²) in [7, 11) is 0. The Morgan fingerprint density at radius 2 is 1.76 bits per heavy atom. The highest BCUT2D eigenvalue weighted by Gasteiger charge is 2.05. The fourth-order valence-corrected chi connectivity index (χ4v) is 1.85. The van der Waals surface area contributed by atoms with Crippen molar-refractivity contribution in [1.82, 2.24) is 9.78 Å². The summed E-state index contributed by atoms with van der Waals surface area (Å²) in [4.78, 5) is 0. The van der Waals surface area contributed by atoms with Gasteiger partial charge in [-0.3, -0.25) is 0 Å². The molecular formula is C13H10N2O2. The number of rotatable bonds is 1. The highest BCUT2D eigenvalue weighted by atomic mass is 16.3. The fourth-order valence-electron chi connectivity index (χ4n) is 1.85. The summed E-state index contributed by atoms with van der Waals surface area (Å²) in [6.07, 6.45) is 1.68. The lowest BCUT2D eigenvalue weighted by atomic mass is 10.2. The van der Waals surface area contributed by atoms with Gasteiger partial charge in [-0.1, -0.05) is 6.07 Å². The molecule has 0 aliphatic heterocycles. The van der Waals surface area contributed by atoms with Gasteiger partial charge in [-0.25, -0.2) is 4.68 Å². The largest absolute Gasteiger partial charge is 0.508 e. The number of aromatic hydroxyl groups is 2. The summed E-state index contributed by atoms with van der Waals surface area (Å²) in [5, 5.41) is 23.9. The van der Waals surface area contributed by atoms with Crippen molar-refractivity contribution in [2.24, 2.45) is 0 Å². The standard InChI is InChI=1S/C13H10N2O2/c16-11-3-1-2-10(7-11)15-13-5-4-12(17)6-9(13)8-14-15/h1-8,16-17H. The molecule has 17 heavy (non-hydrogen) atoms. The van der Waals surface area contributed by atoms with Crippen molar-refractivity contribution in [3.63, 3.8) is 0 Å². The molecule has 0 aliphatic rings. The molecule has 0 unspecified atom stereocenters. The number of benzene rings is 2. The Hall–Kier alpha value is -2.49. The van der Waals surface area contributed by atoms with E-state index in [1.165, 1.54) is 0 Å². The SMILES string of the molecule is Oc1cccc(-n2ncc3cc(O)ccc32)c1. The van der Waals surface area contributed by atoms with E-state index in [0.29, 0.717) is 0 Å². The molecule has 0 saturated carbocycles. The van der Waals surface area contributed by atoms with Gasteiger partial charge in [0.1, 0.15) is 11.5 Å². The molecule has 0 fully saturated rings. The quantitative estimate of drug-likeness (QED) is 0.670. The van der Waals surface area contributed by atoms with Crippen LogP contribution in [0.5, 0.6) is 11.5 Å². The van der Waals surface area contributed by atoms with Gasteiger partial charge in [0.15, 0.2) is 0 Å². The van der Waals surface area contributed by atoms with E-state index < -0.39 is 0 Å². The van der Waals surface area contributed by atoms with Crippen molar-refractivity contribution >= 4 is 10.9 Å². The maximum Gasteiger partial charge on any atom is 0.117 e. The lowest BCUT2D eigenvalue weighted by Gasteiger charge is -2.03. The second-order valence-corrected chi connectivity index (χ2v) is 3.82. The molecule has 0 aliphatic carbocycles. The Morgan fingerprint density at radius 1 is 0.941 bits per heavy atom. The van der Waals surface area contributed by atoms with Gasteiger partial charge in [0.25, 0.3) is 0 Å². The van der Waals surface area contributed by atoms with Gasteiger partial charge in [-0.05, 0) is 30.3 Å². The molecule has 0 amide bonds. The molecule has 1 heterocycles. The van der Waals surface area contributed by atoms with Crippen molar-refractivity contribution in [3.8, 4) is 17.2 Å². The zero-order valence-corrected chi connectivity index (χ0v) is 8.91. The summed E-state index contributed by atoms with van der Waals surface area (Å²) in [5.74, 6) is 0.415. The minimum absolute atomic E-state index is 0.199. The summed E-state index contributed by atoms with van der Waals surface area (Å²) in [5.41, 5.74) is 1.67. The van der Waals surface area contributed by atoms with E-state index in [0.717, 1.165) is 16.6 Å². The van der Waals surface area contributed by atoms with Crippen LogP contribution < -0.4 is 0 Å². The molecule has 0 radical (unpaired) electrons. The third-order valence-electron chi connectivity index (χ3n) is 2.63. The molecular weight excluding hydrogens is 216 g/mol. The van der Waals surface area contributed by atoms with Crippen molar-refractivity contribution < 1.29 is 10.2 Å². The number of hydrogen-bond donors (Lipinski definition) is 2. The topological polar surface area (TPSA) is 58.3 Å². The van der Waals surface area contributed by atoms with E-state index in [9.17, 15) is 10.2 Å². The van der Waals surface area contributed by atoms with Crippen LogP contribution in [0.4, 0.5) is 0 Å². The molecule has 0 saturated heterocycles. The molecule has 1 aromatic heterocycles. The van der Waals surface area contributed by atoms with Crippen molar-refractivity contribution in [3.05, 3.63) is 48.7 Å². The number of fused-ring (bicyclic) bond motifs is 1. The summed E-state index contributed by atoms with van der Waals surface area (Å²) < 4.78 is 1.72. The van der Waals surface area contributed by atoms with E-state index in [1.807, 2.05) is 6.07 Å².